The summed E-state index contributed by atoms with van der Waals surface area (Å²) in [6.45, 7) is -0.189. The van der Waals surface area contributed by atoms with E-state index in [1.54, 1.807) is 0 Å². The average molecular weight is 300 g/mol. The van der Waals surface area contributed by atoms with Crippen molar-refractivity contribution in [3.05, 3.63) is 33.1 Å². The Labute approximate surface area is 120 Å². The van der Waals surface area contributed by atoms with Gasteiger partial charge in [0.05, 0.1) is 17.1 Å². The van der Waals surface area contributed by atoms with Gasteiger partial charge < -0.3 is 10.4 Å². The molecule has 20 heavy (non-hydrogen) atoms. The molecule has 0 radical (unpaired) electrons. The Morgan fingerprint density at radius 2 is 2.20 bits per heavy atom. The Morgan fingerprint density at radius 1 is 1.55 bits per heavy atom. The molecule has 0 atom stereocenters. The zero-order valence-corrected chi connectivity index (χ0v) is 11.4. The van der Waals surface area contributed by atoms with Crippen LogP contribution in [0.5, 0.6) is 0 Å². The van der Waals surface area contributed by atoms with Gasteiger partial charge in [0, 0.05) is 0 Å². The first kappa shape index (κ1) is 14.7. The van der Waals surface area contributed by atoms with E-state index in [-0.39, 0.29) is 17.3 Å². The van der Waals surface area contributed by atoms with Gasteiger partial charge in [-0.1, -0.05) is 24.4 Å². The second kappa shape index (κ2) is 5.72. The van der Waals surface area contributed by atoms with E-state index in [1.165, 1.54) is 0 Å². The van der Waals surface area contributed by atoms with Crippen molar-refractivity contribution in [3.63, 3.8) is 0 Å². The molecule has 0 saturated heterocycles. The molecule has 1 heterocycles. The minimum Gasteiger partial charge on any atom is -0.394 e. The van der Waals surface area contributed by atoms with Crippen LogP contribution >= 0.6 is 11.6 Å². The zero-order valence-electron chi connectivity index (χ0n) is 10.6. The highest BCUT2D eigenvalue weighted by atomic mass is 35.5. The molecule has 1 aliphatic rings. The van der Waals surface area contributed by atoms with Gasteiger partial charge in [-0.15, -0.1) is 0 Å². The molecule has 2 N–H and O–H groups in total. The number of aliphatic hydroxyl groups excluding tert-OH is 1. The lowest BCUT2D eigenvalue weighted by Crippen LogP contribution is -2.49. The number of aromatic nitrogens is 1. The Balaban J connectivity index is 2.29. The van der Waals surface area contributed by atoms with E-state index in [0.717, 1.165) is 25.1 Å². The van der Waals surface area contributed by atoms with Crippen molar-refractivity contribution >= 4 is 23.2 Å². The number of amides is 1. The zero-order chi connectivity index (χ0) is 14.8. The predicted octanol–water partition coefficient (Wildman–Crippen LogP) is 1.68. The van der Waals surface area contributed by atoms with Crippen molar-refractivity contribution < 1.29 is 14.8 Å². The van der Waals surface area contributed by atoms with E-state index in [4.69, 9.17) is 11.6 Å². The molecule has 0 aliphatic heterocycles. The molecule has 7 nitrogen and oxygen atoms in total. The van der Waals surface area contributed by atoms with Crippen molar-refractivity contribution in [3.8, 4) is 0 Å². The van der Waals surface area contributed by atoms with E-state index in [1.807, 2.05) is 0 Å². The van der Waals surface area contributed by atoms with Crippen LogP contribution in [0.1, 0.15) is 36.0 Å². The number of rotatable bonds is 4. The van der Waals surface area contributed by atoms with Gasteiger partial charge in [0.2, 0.25) is 0 Å². The van der Waals surface area contributed by atoms with Crippen molar-refractivity contribution in [2.45, 2.75) is 31.2 Å². The first-order chi connectivity index (χ1) is 9.47. The summed E-state index contributed by atoms with van der Waals surface area (Å²) >= 11 is 5.69. The van der Waals surface area contributed by atoms with Crippen LogP contribution in [0.3, 0.4) is 0 Å². The average Bonchev–Trinajstić information content (AvgIpc) is 2.87. The first-order valence-electron chi connectivity index (χ1n) is 6.21. The predicted molar refractivity (Wildman–Crippen MR) is 71.7 cm³/mol. The van der Waals surface area contributed by atoms with E-state index in [0.29, 0.717) is 12.8 Å². The van der Waals surface area contributed by atoms with Gasteiger partial charge in [-0.2, -0.15) is 0 Å². The van der Waals surface area contributed by atoms with E-state index < -0.39 is 22.1 Å². The SMILES string of the molecule is O=C(NC1(CO)CCCC1)c1cc(Cl)ncc1[N+](=O)[O-]. The second-order valence-electron chi connectivity index (χ2n) is 4.88. The summed E-state index contributed by atoms with van der Waals surface area (Å²) in [5, 5.41) is 23.1. The Kier molecular flexibility index (Phi) is 4.20. The van der Waals surface area contributed by atoms with Gasteiger partial charge in [-0.3, -0.25) is 14.9 Å². The molecule has 108 valence electrons. The summed E-state index contributed by atoms with van der Waals surface area (Å²) in [5.74, 6) is -0.614. The molecule has 0 aromatic carbocycles. The van der Waals surface area contributed by atoms with Crippen LogP contribution in [-0.2, 0) is 0 Å². The van der Waals surface area contributed by atoms with Crippen molar-refractivity contribution in [2.75, 3.05) is 6.61 Å². The minimum atomic E-state index is -0.694. The molecule has 0 spiro atoms. The number of carbonyl (C=O) groups is 1. The number of aliphatic hydroxyl groups is 1. The highest BCUT2D eigenvalue weighted by molar-refractivity contribution is 6.29. The molecule has 1 aromatic rings. The highest BCUT2D eigenvalue weighted by Gasteiger charge is 2.36. The number of halogens is 1. The van der Waals surface area contributed by atoms with Gasteiger partial charge in [-0.05, 0) is 18.9 Å². The Bertz CT molecular complexity index is 544. The van der Waals surface area contributed by atoms with Crippen molar-refractivity contribution in [1.29, 1.82) is 0 Å². The molecular weight excluding hydrogens is 286 g/mol. The largest absolute Gasteiger partial charge is 0.394 e. The molecule has 2 rings (SSSR count). The van der Waals surface area contributed by atoms with E-state index >= 15 is 0 Å². The quantitative estimate of drug-likeness (QED) is 0.500. The van der Waals surface area contributed by atoms with Gasteiger partial charge in [-0.25, -0.2) is 4.98 Å². The van der Waals surface area contributed by atoms with Crippen LogP contribution in [0, 0.1) is 10.1 Å². The number of hydrogen-bond acceptors (Lipinski definition) is 5. The van der Waals surface area contributed by atoms with Gasteiger partial charge in [0.15, 0.2) is 0 Å². The lowest BCUT2D eigenvalue weighted by atomic mass is 9.98. The summed E-state index contributed by atoms with van der Waals surface area (Å²) in [6, 6.07) is 1.16. The fourth-order valence-electron chi connectivity index (χ4n) is 2.43. The first-order valence-corrected chi connectivity index (χ1v) is 6.58. The summed E-state index contributed by atoms with van der Waals surface area (Å²) in [4.78, 5) is 26.1. The third-order valence-electron chi connectivity index (χ3n) is 3.53. The Hall–Kier alpha value is -1.73. The number of pyridine rings is 1. The van der Waals surface area contributed by atoms with Gasteiger partial charge in [0.25, 0.3) is 11.6 Å². The monoisotopic (exact) mass is 299 g/mol. The smallest absolute Gasteiger partial charge is 0.300 e. The van der Waals surface area contributed by atoms with Crippen molar-refractivity contribution in [2.24, 2.45) is 0 Å². The maximum Gasteiger partial charge on any atom is 0.300 e. The van der Waals surface area contributed by atoms with Crippen LogP contribution < -0.4 is 5.32 Å². The van der Waals surface area contributed by atoms with Crippen LogP contribution in [0.25, 0.3) is 0 Å². The van der Waals surface area contributed by atoms with Gasteiger partial charge >= 0.3 is 0 Å². The number of hydrogen-bond donors (Lipinski definition) is 2. The highest BCUT2D eigenvalue weighted by Crippen LogP contribution is 2.30. The third-order valence-corrected chi connectivity index (χ3v) is 3.74. The molecular formula is C12H14ClN3O4. The lowest BCUT2D eigenvalue weighted by molar-refractivity contribution is -0.385. The normalized spacial score (nSPS) is 16.9. The standard InChI is InChI=1S/C12H14ClN3O4/c13-10-5-8(9(6-14-10)16(19)20)11(18)15-12(7-17)3-1-2-4-12/h5-6,17H,1-4,7H2,(H,15,18). The summed E-state index contributed by atoms with van der Waals surface area (Å²) in [7, 11) is 0. The van der Waals surface area contributed by atoms with Crippen LogP contribution in [0.15, 0.2) is 12.3 Å². The van der Waals surface area contributed by atoms with Crippen molar-refractivity contribution in [1.82, 2.24) is 10.3 Å². The molecule has 1 fully saturated rings. The fraction of sp³-hybridized carbons (Fsp3) is 0.500. The van der Waals surface area contributed by atoms with Crippen LogP contribution in [0.2, 0.25) is 5.15 Å². The molecule has 1 amide bonds. The number of nitro groups is 1. The van der Waals surface area contributed by atoms with E-state index in [9.17, 15) is 20.0 Å². The second-order valence-corrected chi connectivity index (χ2v) is 5.27. The summed E-state index contributed by atoms with van der Waals surface area (Å²) < 4.78 is 0. The van der Waals surface area contributed by atoms with E-state index in [2.05, 4.69) is 10.3 Å². The van der Waals surface area contributed by atoms with Crippen LogP contribution in [0.4, 0.5) is 5.69 Å². The maximum atomic E-state index is 12.2. The topological polar surface area (TPSA) is 105 Å². The summed E-state index contributed by atoms with van der Waals surface area (Å²) in [5.41, 5.74) is -1.24. The lowest BCUT2D eigenvalue weighted by Gasteiger charge is -2.27. The molecule has 1 aliphatic carbocycles. The number of nitrogens with zero attached hydrogens (tertiary/aromatic N) is 2. The molecule has 1 saturated carbocycles. The number of nitrogens with one attached hydrogen (secondary N) is 1. The fourth-order valence-corrected chi connectivity index (χ4v) is 2.59. The van der Waals surface area contributed by atoms with Crippen LogP contribution in [-0.4, -0.2) is 33.1 Å². The Morgan fingerprint density at radius 3 is 2.75 bits per heavy atom. The molecule has 1 aromatic heterocycles. The third kappa shape index (κ3) is 2.88. The summed E-state index contributed by atoms with van der Waals surface area (Å²) in [6.07, 6.45) is 4.07. The number of carbonyl (C=O) groups excluding carboxylic acids is 1. The molecule has 0 bridgehead atoms. The maximum absolute atomic E-state index is 12.2. The van der Waals surface area contributed by atoms with Gasteiger partial charge in [0.1, 0.15) is 16.9 Å². The molecule has 8 heteroatoms. The minimum absolute atomic E-state index is 0.00483. The molecule has 0 unspecified atom stereocenters.